The lowest BCUT2D eigenvalue weighted by atomic mass is 9.92. The van der Waals surface area contributed by atoms with Crippen LogP contribution in [0.25, 0.3) is 77.2 Å². The molecule has 9 rings (SSSR count). The van der Waals surface area contributed by atoms with Crippen LogP contribution in [0.3, 0.4) is 0 Å². The fourth-order valence-electron chi connectivity index (χ4n) is 8.18. The molecular weight excluding hydrogens is 801 g/mol. The van der Waals surface area contributed by atoms with E-state index in [1.807, 2.05) is 4.57 Å². The molecule has 0 bridgehead atoms. The molecule has 0 unspecified atom stereocenters. The number of alkyl halides is 6. The smallest absolute Gasteiger partial charge is 0.309 e. The van der Waals surface area contributed by atoms with Crippen LogP contribution in [0.2, 0.25) is 0 Å². The second-order valence-electron chi connectivity index (χ2n) is 14.4. The summed E-state index contributed by atoms with van der Waals surface area (Å²) in [5, 5.41) is 51.9. The van der Waals surface area contributed by atoms with E-state index in [9.17, 15) is 52.7 Å². The molecule has 0 radical (unpaired) electrons. The van der Waals surface area contributed by atoms with Crippen LogP contribution in [0.15, 0.2) is 127 Å². The lowest BCUT2D eigenvalue weighted by Gasteiger charge is -2.21. The quantitative estimate of drug-likeness (QED) is 0.163. The fraction of sp³-hybridized carbons (Fsp3) is 0.0408. The van der Waals surface area contributed by atoms with E-state index in [1.54, 1.807) is 102 Å². The van der Waals surface area contributed by atoms with Crippen LogP contribution in [0.4, 0.5) is 26.3 Å². The Morgan fingerprint density at radius 1 is 0.355 bits per heavy atom. The van der Waals surface area contributed by atoms with Crippen molar-refractivity contribution in [2.45, 2.75) is 12.4 Å². The molecule has 294 valence electrons. The maximum Gasteiger partial charge on any atom is 0.417 e. The molecule has 2 heterocycles. The number of hydrogen-bond donors (Lipinski definition) is 0. The summed E-state index contributed by atoms with van der Waals surface area (Å²) in [5.74, 6) is 0. The Bertz CT molecular complexity index is 3490. The molecule has 2 aromatic heterocycles. The Hall–Kier alpha value is -8.83. The van der Waals surface area contributed by atoms with Crippen LogP contribution in [0.5, 0.6) is 0 Å². The van der Waals surface area contributed by atoms with E-state index < -0.39 is 29.0 Å². The molecular formula is C49H21F6N7. The van der Waals surface area contributed by atoms with Crippen molar-refractivity contribution in [3.63, 3.8) is 0 Å². The maximum absolute atomic E-state index is 14.7. The van der Waals surface area contributed by atoms with Gasteiger partial charge in [0.2, 0.25) is 0 Å². The van der Waals surface area contributed by atoms with Gasteiger partial charge in [0.15, 0.2) is 0 Å². The van der Waals surface area contributed by atoms with Crippen LogP contribution in [0, 0.1) is 56.7 Å². The number of benzene rings is 7. The van der Waals surface area contributed by atoms with Crippen molar-refractivity contribution in [2.75, 3.05) is 0 Å². The Morgan fingerprint density at radius 2 is 0.758 bits per heavy atom. The second kappa shape index (κ2) is 14.2. The van der Waals surface area contributed by atoms with Crippen LogP contribution in [-0.4, -0.2) is 9.13 Å². The molecule has 9 aromatic rings. The van der Waals surface area contributed by atoms with Crippen LogP contribution in [-0.2, 0) is 12.4 Å². The lowest BCUT2D eigenvalue weighted by Crippen LogP contribution is -2.12. The van der Waals surface area contributed by atoms with E-state index in [0.29, 0.717) is 88.7 Å². The SMILES string of the molecule is N#Cc1ccc(-n2c3ccc(C#N)cc3c3cc(C#N)ccc32)c(-c2ccc(-c3ccc(C(F)(F)F)cc3C(F)(F)F)cc2-n2c3ccc(C#N)cc3c3cc(C#N)ccc32)c1. The highest BCUT2D eigenvalue weighted by molar-refractivity contribution is 6.12. The predicted molar refractivity (Wildman–Crippen MR) is 220 cm³/mol. The highest BCUT2D eigenvalue weighted by atomic mass is 19.4. The summed E-state index contributed by atoms with van der Waals surface area (Å²) < 4.78 is 89.3. The van der Waals surface area contributed by atoms with Gasteiger partial charge >= 0.3 is 12.4 Å². The monoisotopic (exact) mass is 821 g/mol. The Balaban J connectivity index is 1.43. The Kier molecular flexibility index (Phi) is 8.84. The van der Waals surface area contributed by atoms with E-state index in [2.05, 4.69) is 30.3 Å². The third-order valence-corrected chi connectivity index (χ3v) is 10.9. The van der Waals surface area contributed by atoms with Crippen molar-refractivity contribution in [3.8, 4) is 64.0 Å². The van der Waals surface area contributed by atoms with Crippen LogP contribution < -0.4 is 0 Å². The summed E-state index contributed by atoms with van der Waals surface area (Å²) >= 11 is 0. The average molecular weight is 822 g/mol. The summed E-state index contributed by atoms with van der Waals surface area (Å²) in [4.78, 5) is 0. The highest BCUT2D eigenvalue weighted by Gasteiger charge is 2.38. The van der Waals surface area contributed by atoms with Crippen molar-refractivity contribution in [1.82, 2.24) is 9.13 Å². The predicted octanol–water partition coefficient (Wildman–Crippen LogP) is 12.6. The van der Waals surface area contributed by atoms with E-state index in [1.165, 1.54) is 12.1 Å². The molecule has 0 saturated heterocycles. The molecule has 0 aliphatic carbocycles. The number of halogens is 6. The molecule has 0 fully saturated rings. The van der Waals surface area contributed by atoms with Gasteiger partial charge in [-0.3, -0.25) is 0 Å². The number of nitriles is 5. The molecule has 7 aromatic carbocycles. The zero-order chi connectivity index (χ0) is 43.7. The minimum absolute atomic E-state index is 0.0787. The average Bonchev–Trinajstić information content (AvgIpc) is 3.78. The number of aromatic nitrogens is 2. The van der Waals surface area contributed by atoms with Gasteiger partial charge in [-0.25, -0.2) is 0 Å². The van der Waals surface area contributed by atoms with Gasteiger partial charge in [-0.15, -0.1) is 0 Å². The van der Waals surface area contributed by atoms with Crippen molar-refractivity contribution >= 4 is 43.6 Å². The minimum atomic E-state index is -5.19. The first kappa shape index (κ1) is 38.7. The van der Waals surface area contributed by atoms with Gasteiger partial charge in [0.05, 0.1) is 103 Å². The lowest BCUT2D eigenvalue weighted by molar-refractivity contribution is -0.142. The highest BCUT2D eigenvalue weighted by Crippen LogP contribution is 2.46. The topological polar surface area (TPSA) is 129 Å². The standard InChI is InChI=1S/C49H21F6N7/c50-48(51,52)33-7-9-34(41(21-33)49(53,54)55)32-6-8-35(47(20-32)62-45-13-4-30(25-59)18-39(45)40-19-31(26-60)5-14-46(40)62)36-15-27(22-56)1-10-42(36)61-43-11-2-28(23-57)16-37(43)38-17-29(24-58)3-12-44(38)61/h1-21H. The van der Waals surface area contributed by atoms with Crippen LogP contribution in [0.1, 0.15) is 38.9 Å². The van der Waals surface area contributed by atoms with Gasteiger partial charge in [-0.2, -0.15) is 52.7 Å². The number of hydrogen-bond acceptors (Lipinski definition) is 5. The first-order valence-electron chi connectivity index (χ1n) is 18.5. The molecule has 7 nitrogen and oxygen atoms in total. The van der Waals surface area contributed by atoms with Gasteiger partial charge in [0.1, 0.15) is 0 Å². The maximum atomic E-state index is 14.7. The molecule has 62 heavy (non-hydrogen) atoms. The molecule has 0 spiro atoms. The van der Waals surface area contributed by atoms with E-state index in [-0.39, 0.29) is 22.9 Å². The van der Waals surface area contributed by atoms with E-state index in [0.717, 1.165) is 6.07 Å². The zero-order valence-electron chi connectivity index (χ0n) is 31.5. The largest absolute Gasteiger partial charge is 0.417 e. The summed E-state index contributed by atoms with van der Waals surface area (Å²) in [6, 6.07) is 41.3. The molecule has 0 atom stereocenters. The van der Waals surface area contributed by atoms with E-state index >= 15 is 0 Å². The third kappa shape index (κ3) is 6.20. The summed E-state index contributed by atoms with van der Waals surface area (Å²) in [6.45, 7) is 0. The number of fused-ring (bicyclic) bond motifs is 6. The van der Waals surface area contributed by atoms with Gasteiger partial charge < -0.3 is 9.13 Å². The molecule has 0 N–H and O–H groups in total. The fourth-order valence-corrected chi connectivity index (χ4v) is 8.18. The van der Waals surface area contributed by atoms with Crippen LogP contribution >= 0.6 is 0 Å². The number of nitrogens with zero attached hydrogens (tertiary/aromatic N) is 7. The molecule has 0 saturated carbocycles. The van der Waals surface area contributed by atoms with Gasteiger partial charge in [0, 0.05) is 32.7 Å². The van der Waals surface area contributed by atoms with Crippen molar-refractivity contribution in [2.24, 2.45) is 0 Å². The Labute approximate surface area is 347 Å². The summed E-state index contributed by atoms with van der Waals surface area (Å²) in [6.07, 6.45) is -10.2. The van der Waals surface area contributed by atoms with Gasteiger partial charge in [0.25, 0.3) is 0 Å². The zero-order valence-corrected chi connectivity index (χ0v) is 31.5. The Morgan fingerprint density at radius 3 is 1.18 bits per heavy atom. The second-order valence-corrected chi connectivity index (χ2v) is 14.4. The van der Waals surface area contributed by atoms with Gasteiger partial charge in [-0.1, -0.05) is 18.2 Å². The molecule has 0 aliphatic rings. The van der Waals surface area contributed by atoms with E-state index in [4.69, 9.17) is 0 Å². The first-order valence-corrected chi connectivity index (χ1v) is 18.5. The minimum Gasteiger partial charge on any atom is -0.309 e. The summed E-state index contributed by atoms with van der Waals surface area (Å²) in [5.41, 5.74) is 1.73. The van der Waals surface area contributed by atoms with Gasteiger partial charge in [-0.05, 0) is 120 Å². The van der Waals surface area contributed by atoms with Crippen molar-refractivity contribution in [1.29, 1.82) is 26.3 Å². The molecule has 0 aliphatic heterocycles. The van der Waals surface area contributed by atoms with Crippen molar-refractivity contribution in [3.05, 3.63) is 166 Å². The van der Waals surface area contributed by atoms with Crippen molar-refractivity contribution < 1.29 is 26.3 Å². The summed E-state index contributed by atoms with van der Waals surface area (Å²) in [7, 11) is 0. The molecule has 13 heteroatoms. The number of rotatable bonds is 4. The first-order chi connectivity index (χ1) is 29.8. The normalized spacial score (nSPS) is 11.6. The molecule has 0 amide bonds. The third-order valence-electron chi connectivity index (χ3n) is 10.9.